The number of morpholine rings is 1. The van der Waals surface area contributed by atoms with Crippen LogP contribution in [-0.2, 0) is 4.74 Å². The van der Waals surface area contributed by atoms with Crippen LogP contribution >= 0.6 is 0 Å². The van der Waals surface area contributed by atoms with Gasteiger partial charge in [0.2, 0.25) is 0 Å². The molecule has 1 atom stereocenters. The van der Waals surface area contributed by atoms with Crippen LogP contribution in [0.1, 0.15) is 34.6 Å². The SMILES string of the molecule is CC(C)N1CCOC[C@H]1C(C)(C)C. The van der Waals surface area contributed by atoms with Crippen molar-refractivity contribution in [1.82, 2.24) is 4.90 Å². The zero-order valence-corrected chi connectivity index (χ0v) is 9.63. The van der Waals surface area contributed by atoms with Crippen molar-refractivity contribution in [2.24, 2.45) is 5.41 Å². The first kappa shape index (κ1) is 11.0. The van der Waals surface area contributed by atoms with Gasteiger partial charge in [-0.3, -0.25) is 4.90 Å². The lowest BCUT2D eigenvalue weighted by Gasteiger charge is -2.45. The summed E-state index contributed by atoms with van der Waals surface area (Å²) < 4.78 is 5.55. The lowest BCUT2D eigenvalue weighted by molar-refractivity contribution is -0.0615. The van der Waals surface area contributed by atoms with E-state index < -0.39 is 0 Å². The van der Waals surface area contributed by atoms with Crippen molar-refractivity contribution >= 4 is 0 Å². The highest BCUT2D eigenvalue weighted by Crippen LogP contribution is 2.27. The first-order chi connectivity index (χ1) is 5.93. The first-order valence-electron chi connectivity index (χ1n) is 5.26. The maximum atomic E-state index is 5.55. The van der Waals surface area contributed by atoms with Crippen molar-refractivity contribution in [2.45, 2.75) is 46.7 Å². The zero-order chi connectivity index (χ0) is 10.1. The van der Waals surface area contributed by atoms with Crippen LogP contribution in [0.4, 0.5) is 0 Å². The fraction of sp³-hybridized carbons (Fsp3) is 1.00. The largest absolute Gasteiger partial charge is 0.378 e. The molecule has 78 valence electrons. The van der Waals surface area contributed by atoms with E-state index in [0.717, 1.165) is 19.8 Å². The van der Waals surface area contributed by atoms with Crippen LogP contribution in [0.5, 0.6) is 0 Å². The Labute approximate surface area is 82.3 Å². The molecule has 0 bridgehead atoms. The number of rotatable bonds is 1. The number of hydrogen-bond donors (Lipinski definition) is 0. The van der Waals surface area contributed by atoms with Crippen molar-refractivity contribution in [3.05, 3.63) is 0 Å². The van der Waals surface area contributed by atoms with Crippen molar-refractivity contribution in [1.29, 1.82) is 0 Å². The van der Waals surface area contributed by atoms with Gasteiger partial charge in [0.25, 0.3) is 0 Å². The summed E-state index contributed by atoms with van der Waals surface area (Å²) in [6.07, 6.45) is 0. The molecule has 0 amide bonds. The average Bonchev–Trinajstić information content (AvgIpc) is 2.03. The maximum Gasteiger partial charge on any atom is 0.0627 e. The zero-order valence-electron chi connectivity index (χ0n) is 9.63. The van der Waals surface area contributed by atoms with E-state index in [1.165, 1.54) is 0 Å². The molecule has 0 aliphatic carbocycles. The first-order valence-corrected chi connectivity index (χ1v) is 5.26. The van der Waals surface area contributed by atoms with Crippen molar-refractivity contribution in [3.63, 3.8) is 0 Å². The van der Waals surface area contributed by atoms with Crippen LogP contribution in [0.15, 0.2) is 0 Å². The van der Waals surface area contributed by atoms with Gasteiger partial charge in [0, 0.05) is 18.6 Å². The molecular weight excluding hydrogens is 162 g/mol. The smallest absolute Gasteiger partial charge is 0.0627 e. The summed E-state index contributed by atoms with van der Waals surface area (Å²) in [4.78, 5) is 2.56. The van der Waals surface area contributed by atoms with E-state index in [9.17, 15) is 0 Å². The van der Waals surface area contributed by atoms with E-state index in [0.29, 0.717) is 17.5 Å². The van der Waals surface area contributed by atoms with Gasteiger partial charge in [0.15, 0.2) is 0 Å². The summed E-state index contributed by atoms with van der Waals surface area (Å²) in [6.45, 7) is 14.3. The minimum Gasteiger partial charge on any atom is -0.378 e. The number of nitrogens with zero attached hydrogens (tertiary/aromatic N) is 1. The van der Waals surface area contributed by atoms with Crippen molar-refractivity contribution in [2.75, 3.05) is 19.8 Å². The van der Waals surface area contributed by atoms with Gasteiger partial charge in [-0.15, -0.1) is 0 Å². The molecule has 0 unspecified atom stereocenters. The summed E-state index contributed by atoms with van der Waals surface area (Å²) in [5, 5.41) is 0. The predicted octanol–water partition coefficient (Wildman–Crippen LogP) is 2.14. The summed E-state index contributed by atoms with van der Waals surface area (Å²) in [7, 11) is 0. The van der Waals surface area contributed by atoms with Gasteiger partial charge in [-0.2, -0.15) is 0 Å². The van der Waals surface area contributed by atoms with Crippen LogP contribution in [0.3, 0.4) is 0 Å². The lowest BCUT2D eigenvalue weighted by atomic mass is 9.85. The van der Waals surface area contributed by atoms with Crippen LogP contribution in [0, 0.1) is 5.41 Å². The average molecular weight is 185 g/mol. The van der Waals surface area contributed by atoms with Crippen molar-refractivity contribution in [3.8, 4) is 0 Å². The second-order valence-corrected chi connectivity index (χ2v) is 5.29. The fourth-order valence-corrected chi connectivity index (χ4v) is 1.98. The monoisotopic (exact) mass is 185 g/mol. The molecular formula is C11H23NO. The molecule has 1 aliphatic rings. The van der Waals surface area contributed by atoms with Crippen LogP contribution < -0.4 is 0 Å². The Morgan fingerprint density at radius 3 is 2.31 bits per heavy atom. The molecule has 1 aliphatic heterocycles. The summed E-state index contributed by atoms with van der Waals surface area (Å²) in [6, 6.07) is 1.20. The molecule has 0 aromatic rings. The molecule has 13 heavy (non-hydrogen) atoms. The van der Waals surface area contributed by atoms with E-state index in [-0.39, 0.29) is 0 Å². The number of hydrogen-bond acceptors (Lipinski definition) is 2. The Balaban J connectivity index is 2.67. The molecule has 0 radical (unpaired) electrons. The highest BCUT2D eigenvalue weighted by molar-refractivity contribution is 4.86. The lowest BCUT2D eigenvalue weighted by Crippen LogP contribution is -2.54. The minimum atomic E-state index is 0.324. The normalized spacial score (nSPS) is 26.8. The standard InChI is InChI=1S/C11H23NO/c1-9(2)12-6-7-13-8-10(12)11(3,4)5/h9-10H,6-8H2,1-5H3/t10-/m0/s1. The molecule has 0 aromatic heterocycles. The Bertz CT molecular complexity index is 160. The molecule has 2 heteroatoms. The van der Waals surface area contributed by atoms with Gasteiger partial charge in [0.1, 0.15) is 0 Å². The van der Waals surface area contributed by atoms with Gasteiger partial charge in [-0.1, -0.05) is 20.8 Å². The quantitative estimate of drug-likeness (QED) is 0.620. The molecule has 0 saturated carbocycles. The number of ether oxygens (including phenoxy) is 1. The van der Waals surface area contributed by atoms with E-state index in [4.69, 9.17) is 4.74 Å². The molecule has 2 nitrogen and oxygen atoms in total. The van der Waals surface area contributed by atoms with Gasteiger partial charge in [-0.05, 0) is 19.3 Å². The van der Waals surface area contributed by atoms with E-state index in [2.05, 4.69) is 39.5 Å². The second-order valence-electron chi connectivity index (χ2n) is 5.29. The molecule has 0 aromatic carbocycles. The second kappa shape index (κ2) is 3.97. The van der Waals surface area contributed by atoms with Gasteiger partial charge < -0.3 is 4.74 Å². The molecule has 1 fully saturated rings. The van der Waals surface area contributed by atoms with Crippen LogP contribution in [0.2, 0.25) is 0 Å². The highest BCUT2D eigenvalue weighted by atomic mass is 16.5. The molecule has 1 saturated heterocycles. The summed E-state index contributed by atoms with van der Waals surface area (Å²) in [5.41, 5.74) is 0.324. The molecule has 0 spiro atoms. The van der Waals surface area contributed by atoms with Gasteiger partial charge in [0.05, 0.1) is 13.2 Å². The Kier molecular flexibility index (Phi) is 3.36. The third kappa shape index (κ3) is 2.68. The van der Waals surface area contributed by atoms with E-state index in [1.807, 2.05) is 0 Å². The van der Waals surface area contributed by atoms with Gasteiger partial charge >= 0.3 is 0 Å². The fourth-order valence-electron chi connectivity index (χ4n) is 1.98. The van der Waals surface area contributed by atoms with Gasteiger partial charge in [-0.25, -0.2) is 0 Å². The maximum absolute atomic E-state index is 5.55. The van der Waals surface area contributed by atoms with E-state index >= 15 is 0 Å². The highest BCUT2D eigenvalue weighted by Gasteiger charge is 2.33. The Hall–Kier alpha value is -0.0800. The minimum absolute atomic E-state index is 0.324. The Morgan fingerprint density at radius 1 is 1.31 bits per heavy atom. The van der Waals surface area contributed by atoms with Crippen molar-refractivity contribution < 1.29 is 4.74 Å². The summed E-state index contributed by atoms with van der Waals surface area (Å²) >= 11 is 0. The third-order valence-corrected chi connectivity index (χ3v) is 2.83. The van der Waals surface area contributed by atoms with Crippen LogP contribution in [0.25, 0.3) is 0 Å². The third-order valence-electron chi connectivity index (χ3n) is 2.83. The Morgan fingerprint density at radius 2 is 1.92 bits per heavy atom. The molecule has 0 N–H and O–H groups in total. The van der Waals surface area contributed by atoms with E-state index in [1.54, 1.807) is 0 Å². The molecule has 1 rings (SSSR count). The summed E-state index contributed by atoms with van der Waals surface area (Å²) in [5.74, 6) is 0. The van der Waals surface area contributed by atoms with Crippen LogP contribution in [-0.4, -0.2) is 36.7 Å². The topological polar surface area (TPSA) is 12.5 Å². The predicted molar refractivity (Wildman–Crippen MR) is 55.9 cm³/mol. The molecule has 1 heterocycles.